The number of fused-ring (bicyclic) bond motifs is 1. The van der Waals surface area contributed by atoms with Crippen LogP contribution in [-0.2, 0) is 6.42 Å². The number of hydrogen-bond donors (Lipinski definition) is 1. The molecule has 0 fully saturated rings. The van der Waals surface area contributed by atoms with E-state index in [0.29, 0.717) is 11.4 Å². The summed E-state index contributed by atoms with van der Waals surface area (Å²) >= 11 is 1.77. The number of benzene rings is 1. The highest BCUT2D eigenvalue weighted by molar-refractivity contribution is 7.10. The monoisotopic (exact) mass is 303 g/mol. The zero-order chi connectivity index (χ0) is 15.0. The number of para-hydroxylation sites is 1. The van der Waals surface area contributed by atoms with Crippen molar-refractivity contribution in [3.8, 4) is 0 Å². The molecular weight excluding hydrogens is 286 g/mol. The quantitative estimate of drug-likeness (QED) is 0.691. The van der Waals surface area contributed by atoms with Crippen molar-refractivity contribution in [2.45, 2.75) is 19.4 Å². The Morgan fingerprint density at radius 3 is 2.95 bits per heavy atom. The lowest BCUT2D eigenvalue weighted by Gasteiger charge is -2.35. The van der Waals surface area contributed by atoms with Gasteiger partial charge in [0.1, 0.15) is 11.4 Å². The van der Waals surface area contributed by atoms with Gasteiger partial charge in [0.15, 0.2) is 0 Å². The highest BCUT2D eigenvalue weighted by atomic mass is 32.1. The maximum absolute atomic E-state index is 11.5. The summed E-state index contributed by atoms with van der Waals surface area (Å²) in [6.07, 6.45) is 0.943. The third-order valence-corrected chi connectivity index (χ3v) is 5.05. The average Bonchev–Trinajstić information content (AvgIpc) is 2.96. The lowest BCUT2D eigenvalue weighted by molar-refractivity contribution is -0.383. The Kier molecular flexibility index (Phi) is 3.55. The zero-order valence-electron chi connectivity index (χ0n) is 12.0. The molecule has 6 heteroatoms. The van der Waals surface area contributed by atoms with Crippen LogP contribution >= 0.6 is 11.3 Å². The van der Waals surface area contributed by atoms with Crippen LogP contribution in [0.3, 0.4) is 0 Å². The van der Waals surface area contributed by atoms with Gasteiger partial charge in [-0.15, -0.1) is 11.3 Å². The highest BCUT2D eigenvalue weighted by Gasteiger charge is 2.30. The summed E-state index contributed by atoms with van der Waals surface area (Å²) in [6, 6.07) is 7.74. The summed E-state index contributed by atoms with van der Waals surface area (Å²) in [4.78, 5) is 14.7. The number of rotatable bonds is 3. The van der Waals surface area contributed by atoms with Gasteiger partial charge in [0.25, 0.3) is 0 Å². The van der Waals surface area contributed by atoms with E-state index in [9.17, 15) is 10.1 Å². The van der Waals surface area contributed by atoms with Crippen molar-refractivity contribution in [1.29, 1.82) is 0 Å². The van der Waals surface area contributed by atoms with Crippen molar-refractivity contribution in [1.82, 2.24) is 0 Å². The molecule has 1 aliphatic rings. The van der Waals surface area contributed by atoms with Crippen LogP contribution in [0.5, 0.6) is 0 Å². The van der Waals surface area contributed by atoms with Crippen molar-refractivity contribution in [2.75, 3.05) is 23.8 Å². The molecule has 0 saturated heterocycles. The fourth-order valence-corrected chi connectivity index (χ4v) is 3.96. The lowest BCUT2D eigenvalue weighted by Crippen LogP contribution is -2.33. The van der Waals surface area contributed by atoms with Crippen LogP contribution < -0.4 is 10.2 Å². The van der Waals surface area contributed by atoms with Gasteiger partial charge in [-0.2, -0.15) is 0 Å². The van der Waals surface area contributed by atoms with E-state index in [2.05, 4.69) is 28.6 Å². The standard InChI is InChI=1S/C15H17N3O2S/c1-10-11-7-9-21-14(11)6-8-17(10)13-5-3-4-12(16-2)15(13)18(19)20/h3-5,7,9-10,16H,6,8H2,1-2H3. The summed E-state index contributed by atoms with van der Waals surface area (Å²) < 4.78 is 0. The Bertz CT molecular complexity index is 683. The highest BCUT2D eigenvalue weighted by Crippen LogP contribution is 2.42. The predicted molar refractivity (Wildman–Crippen MR) is 86.4 cm³/mol. The van der Waals surface area contributed by atoms with Gasteiger partial charge in [-0.3, -0.25) is 10.1 Å². The molecule has 3 rings (SSSR count). The van der Waals surface area contributed by atoms with Gasteiger partial charge in [-0.05, 0) is 42.5 Å². The molecule has 5 nitrogen and oxygen atoms in total. The minimum Gasteiger partial charge on any atom is -0.382 e. The van der Waals surface area contributed by atoms with Gasteiger partial charge in [0.05, 0.1) is 11.0 Å². The number of thiophene rings is 1. The molecule has 1 aliphatic heterocycles. The smallest absolute Gasteiger partial charge is 0.315 e. The Morgan fingerprint density at radius 1 is 1.43 bits per heavy atom. The molecular formula is C15H17N3O2S. The fraction of sp³-hybridized carbons (Fsp3) is 0.333. The van der Waals surface area contributed by atoms with E-state index in [1.54, 1.807) is 24.5 Å². The van der Waals surface area contributed by atoms with Crippen LogP contribution in [0.1, 0.15) is 23.4 Å². The van der Waals surface area contributed by atoms with E-state index in [1.807, 2.05) is 12.1 Å². The Morgan fingerprint density at radius 2 is 2.24 bits per heavy atom. The molecule has 1 atom stereocenters. The number of nitrogens with zero attached hydrogens (tertiary/aromatic N) is 2. The largest absolute Gasteiger partial charge is 0.382 e. The van der Waals surface area contributed by atoms with E-state index in [1.165, 1.54) is 10.4 Å². The normalized spacial score (nSPS) is 17.4. The van der Waals surface area contributed by atoms with Crippen molar-refractivity contribution in [3.63, 3.8) is 0 Å². The maximum Gasteiger partial charge on any atom is 0.315 e. The van der Waals surface area contributed by atoms with E-state index in [4.69, 9.17) is 0 Å². The summed E-state index contributed by atoms with van der Waals surface area (Å²) in [5.74, 6) is 0. The number of nitro benzene ring substituents is 1. The van der Waals surface area contributed by atoms with Gasteiger partial charge in [-0.1, -0.05) is 6.07 Å². The van der Waals surface area contributed by atoms with E-state index in [-0.39, 0.29) is 16.7 Å². The minimum atomic E-state index is -0.295. The number of nitrogens with one attached hydrogen (secondary N) is 1. The zero-order valence-corrected chi connectivity index (χ0v) is 12.8. The minimum absolute atomic E-state index is 0.158. The fourth-order valence-electron chi connectivity index (χ4n) is 3.00. The molecule has 0 spiro atoms. The van der Waals surface area contributed by atoms with Gasteiger partial charge in [0.2, 0.25) is 0 Å². The van der Waals surface area contributed by atoms with E-state index >= 15 is 0 Å². The van der Waals surface area contributed by atoms with E-state index in [0.717, 1.165) is 13.0 Å². The maximum atomic E-state index is 11.5. The van der Waals surface area contributed by atoms with Crippen LogP contribution in [0.2, 0.25) is 0 Å². The first-order chi connectivity index (χ1) is 10.1. The topological polar surface area (TPSA) is 58.4 Å². The SMILES string of the molecule is CNc1cccc(N2CCc3sccc3C2C)c1[N+](=O)[O-]. The first kappa shape index (κ1) is 13.9. The summed E-state index contributed by atoms with van der Waals surface area (Å²) in [6.45, 7) is 2.92. The molecule has 1 unspecified atom stereocenters. The number of hydrogen-bond acceptors (Lipinski definition) is 5. The molecule has 0 saturated carbocycles. The molecule has 110 valence electrons. The summed E-state index contributed by atoms with van der Waals surface area (Å²) in [7, 11) is 1.71. The second-order valence-corrected chi connectivity index (χ2v) is 6.10. The van der Waals surface area contributed by atoms with Crippen LogP contribution in [0.4, 0.5) is 17.1 Å². The molecule has 0 bridgehead atoms. The van der Waals surface area contributed by atoms with E-state index < -0.39 is 0 Å². The molecule has 0 radical (unpaired) electrons. The first-order valence-electron chi connectivity index (χ1n) is 6.91. The van der Waals surface area contributed by atoms with Crippen molar-refractivity contribution in [2.24, 2.45) is 0 Å². The van der Waals surface area contributed by atoms with Gasteiger partial charge >= 0.3 is 5.69 Å². The first-order valence-corrected chi connectivity index (χ1v) is 7.79. The predicted octanol–water partition coefficient (Wildman–Crippen LogP) is 3.82. The molecule has 1 aromatic heterocycles. The molecule has 0 aliphatic carbocycles. The lowest BCUT2D eigenvalue weighted by atomic mass is 10.00. The Hall–Kier alpha value is -2.08. The third kappa shape index (κ3) is 2.25. The molecule has 2 heterocycles. The van der Waals surface area contributed by atoms with Crippen molar-refractivity contribution in [3.05, 3.63) is 50.2 Å². The second kappa shape index (κ2) is 5.37. The second-order valence-electron chi connectivity index (χ2n) is 5.10. The molecule has 0 amide bonds. The van der Waals surface area contributed by atoms with Crippen LogP contribution in [-0.4, -0.2) is 18.5 Å². The van der Waals surface area contributed by atoms with Crippen LogP contribution in [0.15, 0.2) is 29.6 Å². The van der Waals surface area contributed by atoms with Crippen molar-refractivity contribution >= 4 is 28.4 Å². The third-order valence-electron chi connectivity index (χ3n) is 4.05. The Balaban J connectivity index is 2.08. The molecule has 21 heavy (non-hydrogen) atoms. The van der Waals surface area contributed by atoms with Crippen molar-refractivity contribution < 1.29 is 4.92 Å². The number of anilines is 2. The summed E-state index contributed by atoms with van der Waals surface area (Å²) in [5, 5.41) is 16.5. The summed E-state index contributed by atoms with van der Waals surface area (Å²) in [5.41, 5.74) is 2.69. The molecule has 2 aromatic rings. The van der Waals surface area contributed by atoms with Gasteiger partial charge in [0, 0.05) is 18.5 Å². The van der Waals surface area contributed by atoms with Crippen LogP contribution in [0.25, 0.3) is 0 Å². The van der Waals surface area contributed by atoms with Gasteiger partial charge < -0.3 is 10.2 Å². The van der Waals surface area contributed by atoms with Crippen LogP contribution in [0, 0.1) is 10.1 Å². The molecule has 1 N–H and O–H groups in total. The number of nitro groups is 1. The van der Waals surface area contributed by atoms with Gasteiger partial charge in [-0.25, -0.2) is 0 Å². The Labute approximate surface area is 127 Å². The average molecular weight is 303 g/mol. The molecule has 1 aromatic carbocycles.